The average Bonchev–Trinajstić information content (AvgIpc) is 3.77. The van der Waals surface area contributed by atoms with Crippen LogP contribution in [0, 0.1) is 0 Å². The summed E-state index contributed by atoms with van der Waals surface area (Å²) < 4.78 is 0. The number of fused-ring (bicyclic) bond motifs is 8. The lowest BCUT2D eigenvalue weighted by atomic mass is 9.69. The predicted octanol–water partition coefficient (Wildman–Crippen LogP) is 4.37. The van der Waals surface area contributed by atoms with Crippen LogP contribution in [0.1, 0.15) is 122 Å². The SMILES string of the molecule is C[C@@]1(CC(=O)O)c2cc3nc(cc4[nH]c(cc5[nH]c(cc(n2)[C@H]1CCC(=O)O)c(CC(=O)O)c5CCC(=O)O)c(CCC(=O)O)c4CC(=O)O)[C@@](C)(CC(=O)O)[C@@H]3CCC(=O)O. The number of nitrogens with one attached hydrogen (secondary N) is 2. The summed E-state index contributed by atoms with van der Waals surface area (Å²) in [5.74, 6) is -12.0. The maximum Gasteiger partial charge on any atom is 0.307 e. The third-order valence-corrected chi connectivity index (χ3v) is 11.8. The number of aliphatic carboxylic acids is 8. The van der Waals surface area contributed by atoms with Crippen molar-refractivity contribution in [3.05, 3.63) is 69.3 Å². The highest BCUT2D eigenvalue weighted by Gasteiger charge is 2.48. The van der Waals surface area contributed by atoms with E-state index < -0.39 is 122 Å². The lowest BCUT2D eigenvalue weighted by Crippen LogP contribution is -2.31. The number of hydrogen-bond acceptors (Lipinski definition) is 10. The van der Waals surface area contributed by atoms with Gasteiger partial charge in [-0.05, 0) is 72.2 Å². The Morgan fingerprint density at radius 1 is 0.468 bits per heavy atom. The van der Waals surface area contributed by atoms with Gasteiger partial charge < -0.3 is 50.8 Å². The molecule has 5 heterocycles. The smallest absolute Gasteiger partial charge is 0.307 e. The van der Waals surface area contributed by atoms with Gasteiger partial charge in [0.25, 0.3) is 0 Å². The van der Waals surface area contributed by atoms with Gasteiger partial charge in [0.2, 0.25) is 0 Å². The fourth-order valence-electron chi connectivity index (χ4n) is 8.93. The molecular weight excluding hydrogens is 816 g/mol. The summed E-state index contributed by atoms with van der Waals surface area (Å²) in [7, 11) is 0. The molecule has 0 spiro atoms. The van der Waals surface area contributed by atoms with Crippen LogP contribution in [0.4, 0.5) is 0 Å². The van der Waals surface area contributed by atoms with E-state index in [2.05, 4.69) is 9.97 Å². The third-order valence-electron chi connectivity index (χ3n) is 11.8. The van der Waals surface area contributed by atoms with E-state index >= 15 is 0 Å². The number of aryl methyl sites for hydroxylation is 2. The summed E-state index contributed by atoms with van der Waals surface area (Å²) in [6.07, 6.45) is -5.18. The quantitative estimate of drug-likeness (QED) is 0.0754. The highest BCUT2D eigenvalue weighted by molar-refractivity contribution is 5.86. The molecular formula is C42H46N4O16. The maximum absolute atomic E-state index is 12.6. The van der Waals surface area contributed by atoms with E-state index in [0.29, 0.717) is 0 Å². The Morgan fingerprint density at radius 3 is 1.19 bits per heavy atom. The van der Waals surface area contributed by atoms with Crippen molar-refractivity contribution in [1.29, 1.82) is 0 Å². The molecule has 3 aromatic heterocycles. The van der Waals surface area contributed by atoms with Crippen molar-refractivity contribution in [2.75, 3.05) is 0 Å². The van der Waals surface area contributed by atoms with Crippen LogP contribution in [0.5, 0.6) is 0 Å². The number of hydrogen-bond donors (Lipinski definition) is 10. The molecule has 0 saturated heterocycles. The Bertz CT molecular complexity index is 2540. The van der Waals surface area contributed by atoms with Gasteiger partial charge in [0.15, 0.2) is 0 Å². The van der Waals surface area contributed by atoms with E-state index in [4.69, 9.17) is 9.97 Å². The molecule has 0 amide bonds. The number of rotatable bonds is 20. The number of carboxylic acid groups (broad SMARTS) is 8. The third kappa shape index (κ3) is 10.1. The number of nitrogens with zero attached hydrogens (tertiary/aromatic N) is 2. The average molecular weight is 863 g/mol. The summed E-state index contributed by atoms with van der Waals surface area (Å²) in [5, 5.41) is 79.7. The first kappa shape index (κ1) is 46.0. The van der Waals surface area contributed by atoms with E-state index in [1.165, 1.54) is 24.3 Å². The summed E-state index contributed by atoms with van der Waals surface area (Å²) in [6.45, 7) is 3.09. The van der Waals surface area contributed by atoms with Crippen LogP contribution >= 0.6 is 0 Å². The van der Waals surface area contributed by atoms with Crippen molar-refractivity contribution >= 4 is 69.8 Å². The van der Waals surface area contributed by atoms with Crippen molar-refractivity contribution in [2.45, 2.75) is 114 Å². The van der Waals surface area contributed by atoms with E-state index in [9.17, 15) is 79.2 Å². The minimum absolute atomic E-state index is 0.0580. The second-order valence-corrected chi connectivity index (χ2v) is 16.1. The molecule has 4 atom stereocenters. The van der Waals surface area contributed by atoms with Crippen LogP contribution in [0.15, 0.2) is 24.3 Å². The fourth-order valence-corrected chi connectivity index (χ4v) is 8.93. The number of carboxylic acids is 8. The maximum atomic E-state index is 12.6. The normalized spacial score (nSPS) is 19.5. The van der Waals surface area contributed by atoms with Crippen molar-refractivity contribution < 1.29 is 79.2 Å². The van der Waals surface area contributed by atoms with Gasteiger partial charge in [-0.2, -0.15) is 0 Å². The highest BCUT2D eigenvalue weighted by Crippen LogP contribution is 2.51. The van der Waals surface area contributed by atoms with Gasteiger partial charge in [-0.1, -0.05) is 13.8 Å². The standard InChI is InChI=1S/C42H46N4O16/c1-41(17-39(59)60)23(5-9-35(51)52)29-14-27-21(11-37(55)56)19(3-7-33(47)48)25(43-27)13-26-20(4-8-34(49)50)22(12-38(57)58)28(44-26)15-31-42(2,18-40(61)62)24(6-10-36(53)54)30(46-31)16-32(41)45-29/h13-16,23-24,43-44H,3-12,17-18H2,1-2H3,(H,47,48)(H,49,50)(H,51,52)(H,53,54)(H,55,56)(H,57,58)(H,59,60)(H,61,62)/t23-,24-,41+,42+/m1/s1. The van der Waals surface area contributed by atoms with Gasteiger partial charge in [0, 0.05) is 93.2 Å². The van der Waals surface area contributed by atoms with Crippen LogP contribution in [0.2, 0.25) is 0 Å². The first-order valence-electron chi connectivity index (χ1n) is 19.5. The summed E-state index contributed by atoms with van der Waals surface area (Å²) in [5.41, 5.74) is -1.52. The zero-order chi connectivity index (χ0) is 45.8. The van der Waals surface area contributed by atoms with E-state index in [0.717, 1.165) is 0 Å². The number of aromatic amines is 2. The van der Waals surface area contributed by atoms with E-state index in [1.807, 2.05) is 0 Å². The number of carbonyl (C=O) groups is 8. The molecule has 20 heteroatoms. The molecule has 10 N–H and O–H groups in total. The monoisotopic (exact) mass is 862 g/mol. The molecule has 62 heavy (non-hydrogen) atoms. The molecule has 0 fully saturated rings. The minimum Gasteiger partial charge on any atom is -0.481 e. The summed E-state index contributed by atoms with van der Waals surface area (Å²) in [6, 6.07) is 5.71. The molecule has 0 aliphatic carbocycles. The van der Waals surface area contributed by atoms with Crippen molar-refractivity contribution in [3.8, 4) is 0 Å². The van der Waals surface area contributed by atoms with Crippen LogP contribution in [-0.4, -0.2) is 109 Å². The Morgan fingerprint density at radius 2 is 0.823 bits per heavy atom. The largest absolute Gasteiger partial charge is 0.481 e. The Balaban J connectivity index is 2.11. The first-order chi connectivity index (χ1) is 29.0. The molecule has 0 saturated carbocycles. The molecule has 330 valence electrons. The zero-order valence-corrected chi connectivity index (χ0v) is 33.7. The lowest BCUT2D eigenvalue weighted by molar-refractivity contribution is -0.140. The number of H-pyrrole nitrogens is 2. The van der Waals surface area contributed by atoms with Crippen molar-refractivity contribution in [2.24, 2.45) is 0 Å². The molecule has 5 rings (SSSR count). The lowest BCUT2D eigenvalue weighted by Gasteiger charge is -2.31. The van der Waals surface area contributed by atoms with Crippen molar-refractivity contribution in [1.82, 2.24) is 19.9 Å². The molecule has 20 nitrogen and oxygen atoms in total. The molecule has 2 aliphatic heterocycles. The van der Waals surface area contributed by atoms with Crippen molar-refractivity contribution in [3.63, 3.8) is 0 Å². The second-order valence-electron chi connectivity index (χ2n) is 16.1. The van der Waals surface area contributed by atoms with Crippen LogP contribution in [-0.2, 0) is 74.9 Å². The molecule has 0 aromatic carbocycles. The topological polar surface area (TPSA) is 356 Å². The molecule has 0 unspecified atom stereocenters. The predicted molar refractivity (Wildman–Crippen MR) is 214 cm³/mol. The highest BCUT2D eigenvalue weighted by atomic mass is 16.4. The Hall–Kier alpha value is -7.12. The fraction of sp³-hybridized carbons (Fsp3) is 0.429. The summed E-state index contributed by atoms with van der Waals surface area (Å²) >= 11 is 0. The number of aromatic nitrogens is 4. The molecule has 0 radical (unpaired) electrons. The van der Waals surface area contributed by atoms with Gasteiger partial charge in [-0.25, -0.2) is 0 Å². The van der Waals surface area contributed by atoms with E-state index in [1.54, 1.807) is 13.8 Å². The van der Waals surface area contributed by atoms with Crippen LogP contribution in [0.25, 0.3) is 22.1 Å². The van der Waals surface area contributed by atoms with E-state index in [-0.39, 0.29) is 92.8 Å². The second kappa shape index (κ2) is 18.2. The van der Waals surface area contributed by atoms with Crippen LogP contribution < -0.4 is 0 Å². The van der Waals surface area contributed by atoms with Gasteiger partial charge >= 0.3 is 47.8 Å². The van der Waals surface area contributed by atoms with Crippen LogP contribution in [0.3, 0.4) is 0 Å². The van der Waals surface area contributed by atoms with Gasteiger partial charge in [0.1, 0.15) is 0 Å². The summed E-state index contributed by atoms with van der Waals surface area (Å²) in [4.78, 5) is 114. The Labute approximate surface area is 351 Å². The van der Waals surface area contributed by atoms with Gasteiger partial charge in [-0.3, -0.25) is 48.3 Å². The zero-order valence-electron chi connectivity index (χ0n) is 33.7. The van der Waals surface area contributed by atoms with Gasteiger partial charge in [-0.15, -0.1) is 0 Å². The minimum atomic E-state index is -1.49. The van der Waals surface area contributed by atoms with Gasteiger partial charge in [0.05, 0.1) is 25.7 Å². The molecule has 2 aliphatic rings. The molecule has 8 bridgehead atoms. The Kier molecular flexibility index (Phi) is 13.5. The first-order valence-corrected chi connectivity index (χ1v) is 19.5. The molecule has 3 aromatic rings.